The number of carbonyl (C=O) groups is 1. The van der Waals surface area contributed by atoms with Crippen molar-refractivity contribution in [2.24, 2.45) is 0 Å². The third-order valence-electron chi connectivity index (χ3n) is 6.68. The number of aliphatic carboxylic acids is 1. The normalized spacial score (nSPS) is 12.0. The number of aryl methyl sites for hydroxylation is 1. The van der Waals surface area contributed by atoms with Gasteiger partial charge in [0.2, 0.25) is 0 Å². The number of ether oxygens (including phenoxy) is 1. The van der Waals surface area contributed by atoms with Crippen LogP contribution >= 0.6 is 11.3 Å². The molecule has 0 atom stereocenters. The topological polar surface area (TPSA) is 83.9 Å². The third kappa shape index (κ3) is 7.61. The molecule has 9 heteroatoms. The number of rotatable bonds is 13. The zero-order valence-electron chi connectivity index (χ0n) is 23.3. The van der Waals surface area contributed by atoms with Crippen LogP contribution in [-0.4, -0.2) is 42.5 Å². The zero-order valence-corrected chi connectivity index (χ0v) is 25.0. The van der Waals surface area contributed by atoms with Crippen LogP contribution in [0.1, 0.15) is 39.2 Å². The minimum absolute atomic E-state index is 0.280. The predicted molar refractivity (Wildman–Crippen MR) is 161 cm³/mol. The molecule has 0 aliphatic rings. The molecule has 0 unspecified atom stereocenters. The lowest BCUT2D eigenvalue weighted by Crippen LogP contribution is -2.37. The number of benzene rings is 3. The molecule has 0 aliphatic carbocycles. The maximum atomic E-state index is 13.5. The Balaban J connectivity index is 1.39. The van der Waals surface area contributed by atoms with Crippen molar-refractivity contribution in [1.29, 1.82) is 0 Å². The Morgan fingerprint density at radius 1 is 0.878 bits per heavy atom. The van der Waals surface area contributed by atoms with E-state index in [1.807, 2.05) is 49.4 Å². The van der Waals surface area contributed by atoms with Crippen LogP contribution in [0.2, 0.25) is 0 Å². The first-order chi connectivity index (χ1) is 19.5. The molecule has 0 bridgehead atoms. The van der Waals surface area contributed by atoms with Crippen molar-refractivity contribution >= 4 is 27.3 Å². The number of carboxylic acids is 1. The summed E-state index contributed by atoms with van der Waals surface area (Å²) in [4.78, 5) is 12.2. The first-order valence-electron chi connectivity index (χ1n) is 13.5. The van der Waals surface area contributed by atoms with Gasteiger partial charge in [-0.1, -0.05) is 55.5 Å². The first-order valence-corrected chi connectivity index (χ1v) is 15.7. The molecule has 0 aliphatic heterocycles. The van der Waals surface area contributed by atoms with E-state index in [2.05, 4.69) is 0 Å². The Labute approximate surface area is 245 Å². The van der Waals surface area contributed by atoms with E-state index in [0.29, 0.717) is 42.3 Å². The summed E-state index contributed by atoms with van der Waals surface area (Å²) in [6, 6.07) is 24.8. The average Bonchev–Trinajstić information content (AvgIpc) is 3.45. The highest BCUT2D eigenvalue weighted by Crippen LogP contribution is 2.34. The fraction of sp³-hybridized carbons (Fsp3) is 0.281. The van der Waals surface area contributed by atoms with Gasteiger partial charge in [-0.25, -0.2) is 17.6 Å². The molecular formula is C32H34FNO5S2. The Morgan fingerprint density at radius 2 is 1.46 bits per heavy atom. The average molecular weight is 596 g/mol. The molecule has 4 rings (SSSR count). The molecule has 1 aromatic heterocycles. The molecule has 3 aromatic carbocycles. The van der Waals surface area contributed by atoms with Gasteiger partial charge in [-0.15, -0.1) is 11.3 Å². The highest BCUT2D eigenvalue weighted by Gasteiger charge is 2.29. The van der Waals surface area contributed by atoms with E-state index in [0.717, 1.165) is 27.1 Å². The molecule has 41 heavy (non-hydrogen) atoms. The van der Waals surface area contributed by atoms with Gasteiger partial charge in [0.25, 0.3) is 10.0 Å². The number of hydrogen-bond acceptors (Lipinski definition) is 5. The summed E-state index contributed by atoms with van der Waals surface area (Å²) in [5.74, 6) is -0.857. The van der Waals surface area contributed by atoms with E-state index in [4.69, 9.17) is 4.74 Å². The highest BCUT2D eigenvalue weighted by atomic mass is 32.2. The van der Waals surface area contributed by atoms with Crippen molar-refractivity contribution in [2.75, 3.05) is 13.1 Å². The summed E-state index contributed by atoms with van der Waals surface area (Å²) in [7, 11) is -3.65. The predicted octanol–water partition coefficient (Wildman–Crippen LogP) is 7.50. The van der Waals surface area contributed by atoms with E-state index in [1.165, 1.54) is 37.3 Å². The largest absolute Gasteiger partial charge is 0.478 e. The van der Waals surface area contributed by atoms with Gasteiger partial charge in [-0.05, 0) is 91.8 Å². The number of sulfonamides is 1. The molecule has 0 spiro atoms. The van der Waals surface area contributed by atoms with Gasteiger partial charge in [-0.3, -0.25) is 0 Å². The highest BCUT2D eigenvalue weighted by molar-refractivity contribution is 7.91. The minimum Gasteiger partial charge on any atom is -0.478 e. The van der Waals surface area contributed by atoms with Gasteiger partial charge >= 0.3 is 5.97 Å². The van der Waals surface area contributed by atoms with E-state index >= 15 is 0 Å². The third-order valence-corrected chi connectivity index (χ3v) is 10.2. The summed E-state index contributed by atoms with van der Waals surface area (Å²) < 4.78 is 47.8. The van der Waals surface area contributed by atoms with Crippen molar-refractivity contribution in [3.05, 3.63) is 96.3 Å². The van der Waals surface area contributed by atoms with Crippen LogP contribution in [0.25, 0.3) is 21.6 Å². The molecule has 216 valence electrons. The van der Waals surface area contributed by atoms with Gasteiger partial charge < -0.3 is 9.84 Å². The van der Waals surface area contributed by atoms with E-state index in [-0.39, 0.29) is 5.82 Å². The van der Waals surface area contributed by atoms with Crippen LogP contribution in [0.5, 0.6) is 5.75 Å². The number of nitrogens with zero attached hydrogens (tertiary/aromatic N) is 1. The monoisotopic (exact) mass is 595 g/mol. The maximum absolute atomic E-state index is 13.5. The molecule has 6 nitrogen and oxygen atoms in total. The second kappa shape index (κ2) is 13.0. The van der Waals surface area contributed by atoms with Crippen LogP contribution < -0.4 is 4.74 Å². The van der Waals surface area contributed by atoms with Gasteiger partial charge in [0.15, 0.2) is 5.60 Å². The maximum Gasteiger partial charge on any atom is 0.347 e. The van der Waals surface area contributed by atoms with Crippen molar-refractivity contribution in [1.82, 2.24) is 4.31 Å². The Morgan fingerprint density at radius 3 is 2.05 bits per heavy atom. The quantitative estimate of drug-likeness (QED) is 0.173. The summed E-state index contributed by atoms with van der Waals surface area (Å²) in [5.41, 5.74) is 2.48. The van der Waals surface area contributed by atoms with Gasteiger partial charge in [0.1, 0.15) is 15.8 Å². The molecule has 0 amide bonds. The fourth-order valence-electron chi connectivity index (χ4n) is 4.33. The Bertz CT molecular complexity index is 1560. The molecule has 0 saturated carbocycles. The number of thiophene rings is 1. The Kier molecular flexibility index (Phi) is 9.63. The lowest BCUT2D eigenvalue weighted by molar-refractivity contribution is -0.152. The molecule has 1 heterocycles. The number of halogens is 1. The summed E-state index contributed by atoms with van der Waals surface area (Å²) in [5, 5.41) is 9.24. The summed E-state index contributed by atoms with van der Waals surface area (Å²) in [6.45, 7) is 5.77. The van der Waals surface area contributed by atoms with Crippen molar-refractivity contribution < 1.29 is 27.4 Å². The summed E-state index contributed by atoms with van der Waals surface area (Å²) >= 11 is 1.25. The lowest BCUT2D eigenvalue weighted by atomic mass is 10.0. The van der Waals surface area contributed by atoms with Crippen molar-refractivity contribution in [2.45, 2.75) is 49.8 Å². The number of hydrogen-bond donors (Lipinski definition) is 1. The fourth-order valence-corrected chi connectivity index (χ4v) is 7.37. The lowest BCUT2D eigenvalue weighted by Gasteiger charge is -2.22. The van der Waals surface area contributed by atoms with Crippen molar-refractivity contribution in [3.8, 4) is 27.3 Å². The van der Waals surface area contributed by atoms with Gasteiger partial charge in [0, 0.05) is 18.0 Å². The van der Waals surface area contributed by atoms with Crippen LogP contribution in [-0.2, 0) is 21.2 Å². The van der Waals surface area contributed by atoms with Crippen LogP contribution in [0.3, 0.4) is 0 Å². The van der Waals surface area contributed by atoms with E-state index in [9.17, 15) is 22.7 Å². The second-order valence-corrected chi connectivity index (χ2v) is 13.5. The van der Waals surface area contributed by atoms with Crippen LogP contribution in [0.15, 0.2) is 89.1 Å². The van der Waals surface area contributed by atoms with Gasteiger partial charge in [-0.2, -0.15) is 4.31 Å². The minimum atomic E-state index is -3.65. The SMILES string of the molecule is CCCN(CCCc1ccc(OC(C)(C)C(=O)O)cc1)S(=O)(=O)c1ccc(-c2ccc(-c3ccc(F)cc3)cc2)s1. The van der Waals surface area contributed by atoms with Gasteiger partial charge in [0.05, 0.1) is 0 Å². The molecule has 0 fully saturated rings. The molecule has 1 N–H and O–H groups in total. The van der Waals surface area contributed by atoms with Crippen LogP contribution in [0.4, 0.5) is 4.39 Å². The standard InChI is InChI=1S/C32H34FNO5S2/c1-4-21-34(22-5-6-23-7-17-28(18-8-23)39-32(2,3)31(35)36)41(37,38)30-20-19-29(40-30)26-11-9-24(10-12-26)25-13-15-27(33)16-14-25/h7-20H,4-6,21-22H2,1-3H3,(H,35,36). The Hall–Kier alpha value is -3.53. The zero-order chi connectivity index (χ0) is 29.6. The van der Waals surface area contributed by atoms with E-state index in [1.54, 1.807) is 34.6 Å². The van der Waals surface area contributed by atoms with Crippen LogP contribution in [0, 0.1) is 5.82 Å². The second-order valence-electron chi connectivity index (χ2n) is 10.3. The first kappa shape index (κ1) is 30.4. The molecule has 0 radical (unpaired) electrons. The summed E-state index contributed by atoms with van der Waals surface area (Å²) in [6.07, 6.45) is 2.02. The van der Waals surface area contributed by atoms with E-state index < -0.39 is 21.6 Å². The smallest absolute Gasteiger partial charge is 0.347 e. The molecular weight excluding hydrogens is 561 g/mol. The number of carboxylic acid groups (broad SMARTS) is 1. The molecule has 4 aromatic rings. The molecule has 0 saturated heterocycles. The van der Waals surface area contributed by atoms with Crippen molar-refractivity contribution in [3.63, 3.8) is 0 Å².